The molecule has 0 fully saturated rings. The van der Waals surface area contributed by atoms with Crippen LogP contribution >= 0.6 is 0 Å². The zero-order chi connectivity index (χ0) is 12.0. The van der Waals surface area contributed by atoms with Crippen LogP contribution in [0.25, 0.3) is 0 Å². The lowest BCUT2D eigenvalue weighted by Gasteiger charge is -2.19. The quantitative estimate of drug-likeness (QED) is 0.759. The predicted octanol–water partition coefficient (Wildman–Crippen LogP) is 1.06. The first-order valence-electron chi connectivity index (χ1n) is 5.24. The maximum Gasteiger partial charge on any atom is 0.234 e. The number of sulfonamides is 1. The van der Waals surface area contributed by atoms with E-state index in [4.69, 9.17) is 0 Å². The van der Waals surface area contributed by atoms with Gasteiger partial charge in [-0.1, -0.05) is 18.2 Å². The molecule has 0 bridgehead atoms. The van der Waals surface area contributed by atoms with E-state index in [2.05, 4.69) is 5.32 Å². The molecular formula is C11H18N2O2S. The van der Waals surface area contributed by atoms with Crippen LogP contribution in [0.2, 0.25) is 0 Å². The van der Waals surface area contributed by atoms with Crippen molar-refractivity contribution in [2.24, 2.45) is 0 Å². The first kappa shape index (κ1) is 13.0. The van der Waals surface area contributed by atoms with Crippen LogP contribution in [0, 0.1) is 0 Å². The summed E-state index contributed by atoms with van der Waals surface area (Å²) < 4.78 is 25.1. The van der Waals surface area contributed by atoms with Crippen LogP contribution in [-0.2, 0) is 10.0 Å². The third-order valence-electron chi connectivity index (χ3n) is 2.37. The molecule has 0 spiro atoms. The fraction of sp³-hybridized carbons (Fsp3) is 0.455. The second kappa shape index (κ2) is 5.86. The first-order chi connectivity index (χ1) is 7.58. The van der Waals surface area contributed by atoms with Crippen LogP contribution in [0.5, 0.6) is 0 Å². The number of anilines is 1. The van der Waals surface area contributed by atoms with E-state index >= 15 is 0 Å². The minimum atomic E-state index is -3.19. The van der Waals surface area contributed by atoms with E-state index in [0.717, 1.165) is 0 Å². The largest absolute Gasteiger partial charge is 0.320 e. The van der Waals surface area contributed by atoms with Gasteiger partial charge in [0, 0.05) is 7.05 Å². The summed E-state index contributed by atoms with van der Waals surface area (Å²) in [6.07, 6.45) is 0.621. The van der Waals surface area contributed by atoms with Crippen molar-refractivity contribution in [3.63, 3.8) is 0 Å². The summed E-state index contributed by atoms with van der Waals surface area (Å²) >= 11 is 0. The molecule has 0 saturated heterocycles. The van der Waals surface area contributed by atoms with Crippen LogP contribution < -0.4 is 9.62 Å². The smallest absolute Gasteiger partial charge is 0.234 e. The molecule has 4 nitrogen and oxygen atoms in total. The summed E-state index contributed by atoms with van der Waals surface area (Å²) in [5.74, 6) is 0.166. The van der Waals surface area contributed by atoms with Gasteiger partial charge in [0.2, 0.25) is 10.0 Å². The van der Waals surface area contributed by atoms with Crippen molar-refractivity contribution in [3.8, 4) is 0 Å². The lowest BCUT2D eigenvalue weighted by molar-refractivity contribution is 0.590. The molecule has 0 aliphatic heterocycles. The third-order valence-corrected chi connectivity index (χ3v) is 4.22. The Hall–Kier alpha value is -1.07. The monoisotopic (exact) mass is 242 g/mol. The fourth-order valence-corrected chi connectivity index (χ4v) is 2.59. The van der Waals surface area contributed by atoms with Crippen LogP contribution in [0.15, 0.2) is 30.3 Å². The highest BCUT2D eigenvalue weighted by Gasteiger charge is 2.17. The number of hydrogen-bond acceptors (Lipinski definition) is 3. The van der Waals surface area contributed by atoms with Gasteiger partial charge < -0.3 is 5.32 Å². The molecule has 0 saturated carbocycles. The Balaban J connectivity index is 2.69. The van der Waals surface area contributed by atoms with Crippen molar-refractivity contribution >= 4 is 15.7 Å². The number of benzene rings is 1. The van der Waals surface area contributed by atoms with E-state index in [1.165, 1.54) is 4.31 Å². The van der Waals surface area contributed by atoms with Gasteiger partial charge in [-0.2, -0.15) is 0 Å². The van der Waals surface area contributed by atoms with Gasteiger partial charge in [0.25, 0.3) is 0 Å². The summed E-state index contributed by atoms with van der Waals surface area (Å²) in [6.45, 7) is 0.710. The van der Waals surface area contributed by atoms with Gasteiger partial charge in [-0.3, -0.25) is 4.31 Å². The number of rotatable bonds is 6. The molecule has 16 heavy (non-hydrogen) atoms. The molecule has 1 aromatic carbocycles. The molecule has 1 aromatic rings. The van der Waals surface area contributed by atoms with E-state index in [1.54, 1.807) is 19.2 Å². The van der Waals surface area contributed by atoms with Crippen molar-refractivity contribution < 1.29 is 8.42 Å². The van der Waals surface area contributed by atoms with Gasteiger partial charge in [-0.05, 0) is 32.1 Å². The number of nitrogens with one attached hydrogen (secondary N) is 1. The summed E-state index contributed by atoms with van der Waals surface area (Å²) in [7, 11) is 0.208. The average Bonchev–Trinajstić information content (AvgIpc) is 2.29. The molecule has 5 heteroatoms. The number of para-hydroxylation sites is 1. The third kappa shape index (κ3) is 3.50. The Morgan fingerprint density at radius 1 is 1.25 bits per heavy atom. The highest BCUT2D eigenvalue weighted by Crippen LogP contribution is 2.15. The standard InChI is InChI=1S/C11H18N2O2S/c1-12-9-6-10-16(14,15)13(2)11-7-4-3-5-8-11/h3-5,7-8,12H,6,9-10H2,1-2H3. The second-order valence-corrected chi connectivity index (χ2v) is 5.70. The molecule has 0 aliphatic carbocycles. The summed E-state index contributed by atoms with van der Waals surface area (Å²) in [5.41, 5.74) is 0.701. The van der Waals surface area contributed by atoms with Gasteiger partial charge in [-0.25, -0.2) is 8.42 Å². The maximum absolute atomic E-state index is 11.9. The van der Waals surface area contributed by atoms with Crippen LogP contribution in [0.3, 0.4) is 0 Å². The highest BCUT2D eigenvalue weighted by molar-refractivity contribution is 7.92. The fourth-order valence-electron chi connectivity index (χ4n) is 1.37. The van der Waals surface area contributed by atoms with Gasteiger partial charge in [0.1, 0.15) is 0 Å². The molecule has 0 atom stereocenters. The van der Waals surface area contributed by atoms with Crippen LogP contribution in [0.1, 0.15) is 6.42 Å². The topological polar surface area (TPSA) is 49.4 Å². The Kier molecular flexibility index (Phi) is 4.76. The molecule has 0 amide bonds. The Labute approximate surface area is 97.3 Å². The molecule has 90 valence electrons. The summed E-state index contributed by atoms with van der Waals surface area (Å²) in [4.78, 5) is 0. The maximum atomic E-state index is 11.9. The molecule has 1 N–H and O–H groups in total. The van der Waals surface area contributed by atoms with Gasteiger partial charge in [-0.15, -0.1) is 0 Å². The van der Waals surface area contributed by atoms with Gasteiger partial charge >= 0.3 is 0 Å². The predicted molar refractivity (Wildman–Crippen MR) is 67.2 cm³/mol. The first-order valence-corrected chi connectivity index (χ1v) is 6.85. The van der Waals surface area contributed by atoms with Crippen LogP contribution in [0.4, 0.5) is 5.69 Å². The molecule has 0 radical (unpaired) electrons. The molecule has 0 unspecified atom stereocenters. The van der Waals surface area contributed by atoms with Crippen molar-refractivity contribution in [2.75, 3.05) is 30.7 Å². The molecular weight excluding hydrogens is 224 g/mol. The van der Waals surface area contributed by atoms with Gasteiger partial charge in [0.15, 0.2) is 0 Å². The van der Waals surface area contributed by atoms with E-state index in [0.29, 0.717) is 18.7 Å². The molecule has 0 aromatic heterocycles. The highest BCUT2D eigenvalue weighted by atomic mass is 32.2. The van der Waals surface area contributed by atoms with E-state index in [1.807, 2.05) is 25.2 Å². The normalized spacial score (nSPS) is 11.4. The van der Waals surface area contributed by atoms with E-state index in [-0.39, 0.29) is 5.75 Å². The van der Waals surface area contributed by atoms with Crippen molar-refractivity contribution in [1.29, 1.82) is 0 Å². The minimum absolute atomic E-state index is 0.166. The lowest BCUT2D eigenvalue weighted by atomic mass is 10.3. The zero-order valence-electron chi connectivity index (χ0n) is 9.68. The molecule has 0 heterocycles. The van der Waals surface area contributed by atoms with Gasteiger partial charge in [0.05, 0.1) is 11.4 Å². The number of hydrogen-bond donors (Lipinski definition) is 1. The zero-order valence-corrected chi connectivity index (χ0v) is 10.5. The Bertz CT molecular complexity index is 403. The molecule has 1 rings (SSSR count). The van der Waals surface area contributed by atoms with Crippen LogP contribution in [-0.4, -0.2) is 34.8 Å². The Morgan fingerprint density at radius 2 is 1.88 bits per heavy atom. The van der Waals surface area contributed by atoms with E-state index < -0.39 is 10.0 Å². The van der Waals surface area contributed by atoms with Crippen molar-refractivity contribution in [2.45, 2.75) is 6.42 Å². The second-order valence-electron chi connectivity index (χ2n) is 3.58. The number of nitrogens with zero attached hydrogens (tertiary/aromatic N) is 1. The van der Waals surface area contributed by atoms with E-state index in [9.17, 15) is 8.42 Å². The SMILES string of the molecule is CNCCCS(=O)(=O)N(C)c1ccccc1. The average molecular weight is 242 g/mol. The Morgan fingerprint density at radius 3 is 2.44 bits per heavy atom. The molecule has 0 aliphatic rings. The van der Waals surface area contributed by atoms with Crippen molar-refractivity contribution in [1.82, 2.24) is 5.32 Å². The summed E-state index contributed by atoms with van der Waals surface area (Å²) in [5, 5.41) is 2.94. The summed E-state index contributed by atoms with van der Waals surface area (Å²) in [6, 6.07) is 9.10. The van der Waals surface area contributed by atoms with Crippen molar-refractivity contribution in [3.05, 3.63) is 30.3 Å². The minimum Gasteiger partial charge on any atom is -0.320 e. The lowest BCUT2D eigenvalue weighted by Crippen LogP contribution is -2.30.